The summed E-state index contributed by atoms with van der Waals surface area (Å²) >= 11 is 0. The van der Waals surface area contributed by atoms with Crippen LogP contribution >= 0.6 is 0 Å². The van der Waals surface area contributed by atoms with Crippen molar-refractivity contribution in [3.63, 3.8) is 0 Å². The van der Waals surface area contributed by atoms with E-state index in [1.54, 1.807) is 4.68 Å². The van der Waals surface area contributed by atoms with E-state index in [1.807, 2.05) is 6.20 Å². The fourth-order valence-corrected chi connectivity index (χ4v) is 1.71. The zero-order chi connectivity index (χ0) is 13.5. The van der Waals surface area contributed by atoms with Gasteiger partial charge in [0.1, 0.15) is 6.54 Å². The monoisotopic (exact) mass is 264 g/mol. The van der Waals surface area contributed by atoms with Crippen LogP contribution in [0.25, 0.3) is 0 Å². The van der Waals surface area contributed by atoms with E-state index < -0.39 is 0 Å². The lowest BCUT2D eigenvalue weighted by molar-refractivity contribution is 0.359. The molecule has 2 aromatic rings. The highest BCUT2D eigenvalue weighted by Gasteiger charge is 2.08. The van der Waals surface area contributed by atoms with Crippen LogP contribution in [-0.4, -0.2) is 31.7 Å². The van der Waals surface area contributed by atoms with E-state index in [-0.39, 0.29) is 0 Å². The van der Waals surface area contributed by atoms with E-state index >= 15 is 0 Å². The fourth-order valence-electron chi connectivity index (χ4n) is 1.71. The predicted octanol–water partition coefficient (Wildman–Crippen LogP) is 1.16. The smallest absolute Gasteiger partial charge is 0.248 e. The summed E-state index contributed by atoms with van der Waals surface area (Å²) in [6, 6.07) is 0. The van der Waals surface area contributed by atoms with Crippen molar-refractivity contribution in [2.24, 2.45) is 0 Å². The second-order valence-corrected chi connectivity index (χ2v) is 4.44. The molecule has 0 aliphatic rings. The first kappa shape index (κ1) is 13.7. The highest BCUT2D eigenvalue weighted by atomic mass is 16.5. The lowest BCUT2D eigenvalue weighted by Gasteiger charge is -1.97. The van der Waals surface area contributed by atoms with Crippen LogP contribution in [0.3, 0.4) is 0 Å². The van der Waals surface area contributed by atoms with Gasteiger partial charge in [-0.2, -0.15) is 4.98 Å². The van der Waals surface area contributed by atoms with E-state index in [0.717, 1.165) is 43.9 Å². The molecule has 1 N–H and O–H groups in total. The van der Waals surface area contributed by atoms with Gasteiger partial charge in [-0.15, -0.1) is 5.10 Å². The first-order valence-corrected chi connectivity index (χ1v) is 6.73. The molecule has 0 radical (unpaired) electrons. The molecule has 0 spiro atoms. The molecule has 19 heavy (non-hydrogen) atoms. The Bertz CT molecular complexity index is 492. The second kappa shape index (κ2) is 6.98. The van der Waals surface area contributed by atoms with Crippen LogP contribution in [0.2, 0.25) is 0 Å². The minimum atomic E-state index is 0.470. The number of nitrogens with zero attached hydrogens (tertiary/aromatic N) is 5. The molecule has 2 aromatic heterocycles. The van der Waals surface area contributed by atoms with Crippen LogP contribution in [0.15, 0.2) is 10.7 Å². The topological polar surface area (TPSA) is 81.7 Å². The Hall–Kier alpha value is -1.76. The summed E-state index contributed by atoms with van der Waals surface area (Å²) in [5.41, 5.74) is 0.918. The molecule has 7 nitrogen and oxygen atoms in total. The van der Waals surface area contributed by atoms with Gasteiger partial charge < -0.3 is 9.84 Å². The van der Waals surface area contributed by atoms with Crippen molar-refractivity contribution in [2.75, 3.05) is 6.54 Å². The van der Waals surface area contributed by atoms with Crippen LogP contribution in [0.5, 0.6) is 0 Å². The van der Waals surface area contributed by atoms with Crippen LogP contribution in [0.1, 0.15) is 44.1 Å². The molecular formula is C12H20N6O. The van der Waals surface area contributed by atoms with Gasteiger partial charge in [-0.25, -0.2) is 4.68 Å². The summed E-state index contributed by atoms with van der Waals surface area (Å²) in [5.74, 6) is 1.32. The first-order chi connectivity index (χ1) is 9.31. The molecule has 0 aliphatic heterocycles. The van der Waals surface area contributed by atoms with Crippen molar-refractivity contribution in [1.29, 1.82) is 0 Å². The van der Waals surface area contributed by atoms with Crippen molar-refractivity contribution in [1.82, 2.24) is 30.5 Å². The van der Waals surface area contributed by atoms with E-state index in [0.29, 0.717) is 12.4 Å². The zero-order valence-corrected chi connectivity index (χ0v) is 11.5. The van der Waals surface area contributed by atoms with Gasteiger partial charge in [-0.05, 0) is 19.4 Å². The Morgan fingerprint density at radius 2 is 2.21 bits per heavy atom. The summed E-state index contributed by atoms with van der Waals surface area (Å²) in [5, 5.41) is 15.3. The molecule has 0 unspecified atom stereocenters. The maximum Gasteiger partial charge on any atom is 0.248 e. The standard InChI is InChI=1S/C12H20N6O/c1-3-5-11-14-12(19-16-11)9-18-8-10(15-17-18)7-13-6-4-2/h8,13H,3-7,9H2,1-2H3. The van der Waals surface area contributed by atoms with Crippen LogP contribution in [0.4, 0.5) is 0 Å². The average Bonchev–Trinajstić information content (AvgIpc) is 3.01. The number of nitrogens with one attached hydrogen (secondary N) is 1. The summed E-state index contributed by atoms with van der Waals surface area (Å²) in [4.78, 5) is 4.30. The van der Waals surface area contributed by atoms with E-state index in [1.165, 1.54) is 0 Å². The first-order valence-electron chi connectivity index (χ1n) is 6.73. The number of aryl methyl sites for hydroxylation is 1. The van der Waals surface area contributed by atoms with E-state index in [9.17, 15) is 0 Å². The Morgan fingerprint density at radius 1 is 1.32 bits per heavy atom. The van der Waals surface area contributed by atoms with Gasteiger partial charge in [0.2, 0.25) is 5.89 Å². The molecule has 2 rings (SSSR count). The van der Waals surface area contributed by atoms with Gasteiger partial charge in [-0.3, -0.25) is 0 Å². The molecule has 0 saturated carbocycles. The fraction of sp³-hybridized carbons (Fsp3) is 0.667. The van der Waals surface area contributed by atoms with Crippen LogP contribution < -0.4 is 5.32 Å². The van der Waals surface area contributed by atoms with Gasteiger partial charge in [0, 0.05) is 13.0 Å². The molecule has 0 atom stereocenters. The molecule has 2 heterocycles. The Kier molecular flexibility index (Phi) is 5.02. The summed E-state index contributed by atoms with van der Waals surface area (Å²) in [6.07, 6.45) is 4.85. The van der Waals surface area contributed by atoms with Gasteiger partial charge in [-0.1, -0.05) is 24.2 Å². The molecule has 0 bridgehead atoms. The number of hydrogen-bond acceptors (Lipinski definition) is 6. The lowest BCUT2D eigenvalue weighted by atomic mass is 10.3. The Balaban J connectivity index is 1.87. The van der Waals surface area contributed by atoms with Crippen molar-refractivity contribution in [3.8, 4) is 0 Å². The van der Waals surface area contributed by atoms with Crippen molar-refractivity contribution < 1.29 is 4.52 Å². The van der Waals surface area contributed by atoms with E-state index in [4.69, 9.17) is 4.52 Å². The summed E-state index contributed by atoms with van der Waals surface area (Å²) in [7, 11) is 0. The van der Waals surface area contributed by atoms with Crippen molar-refractivity contribution in [3.05, 3.63) is 23.6 Å². The van der Waals surface area contributed by atoms with Gasteiger partial charge in [0.25, 0.3) is 0 Å². The molecule has 0 fully saturated rings. The third-order valence-corrected chi connectivity index (χ3v) is 2.60. The van der Waals surface area contributed by atoms with Gasteiger partial charge in [0.05, 0.1) is 11.9 Å². The molecular weight excluding hydrogens is 244 g/mol. The van der Waals surface area contributed by atoms with Crippen LogP contribution in [0, 0.1) is 0 Å². The SMILES string of the molecule is CCCNCc1cn(Cc2nc(CCC)no2)nn1. The second-order valence-electron chi connectivity index (χ2n) is 4.44. The zero-order valence-electron chi connectivity index (χ0n) is 11.5. The molecule has 0 amide bonds. The Morgan fingerprint density at radius 3 is 3.00 bits per heavy atom. The predicted molar refractivity (Wildman–Crippen MR) is 69.4 cm³/mol. The lowest BCUT2D eigenvalue weighted by Crippen LogP contribution is -2.13. The highest BCUT2D eigenvalue weighted by molar-refractivity contribution is 4.94. The normalized spacial score (nSPS) is 11.1. The van der Waals surface area contributed by atoms with Gasteiger partial charge >= 0.3 is 0 Å². The number of hydrogen-bond donors (Lipinski definition) is 1. The maximum atomic E-state index is 5.16. The van der Waals surface area contributed by atoms with Crippen molar-refractivity contribution in [2.45, 2.75) is 46.2 Å². The minimum Gasteiger partial charge on any atom is -0.337 e. The Labute approximate surface area is 112 Å². The quantitative estimate of drug-likeness (QED) is 0.720. The van der Waals surface area contributed by atoms with E-state index in [2.05, 4.69) is 39.6 Å². The third-order valence-electron chi connectivity index (χ3n) is 2.60. The molecule has 0 saturated heterocycles. The average molecular weight is 264 g/mol. The number of aromatic nitrogens is 5. The highest BCUT2D eigenvalue weighted by Crippen LogP contribution is 2.02. The maximum absolute atomic E-state index is 5.16. The summed E-state index contributed by atoms with van der Waals surface area (Å²) < 4.78 is 6.88. The molecule has 0 aliphatic carbocycles. The number of rotatable bonds is 8. The van der Waals surface area contributed by atoms with Gasteiger partial charge in [0.15, 0.2) is 5.82 Å². The minimum absolute atomic E-state index is 0.470. The molecule has 7 heteroatoms. The molecule has 0 aromatic carbocycles. The third kappa shape index (κ3) is 4.13. The summed E-state index contributed by atoms with van der Waals surface area (Å²) in [6.45, 7) is 6.41. The largest absolute Gasteiger partial charge is 0.337 e. The van der Waals surface area contributed by atoms with Crippen LogP contribution in [-0.2, 0) is 19.5 Å². The van der Waals surface area contributed by atoms with Crippen molar-refractivity contribution >= 4 is 0 Å². The molecule has 104 valence electrons.